The van der Waals surface area contributed by atoms with Gasteiger partial charge in [0.2, 0.25) is 0 Å². The Hall–Kier alpha value is -1.55. The van der Waals surface area contributed by atoms with Crippen LogP contribution in [0.25, 0.3) is 0 Å². The summed E-state index contributed by atoms with van der Waals surface area (Å²) in [5.41, 5.74) is 1.38. The number of nitrogens with zero attached hydrogens (tertiary/aromatic N) is 3. The fraction of sp³-hybridized carbons (Fsp3) is 0.500. The van der Waals surface area contributed by atoms with E-state index in [1.807, 2.05) is 18.7 Å². The van der Waals surface area contributed by atoms with Crippen molar-refractivity contribution >= 4 is 0 Å². The van der Waals surface area contributed by atoms with Crippen molar-refractivity contribution in [3.8, 4) is 0 Å². The van der Waals surface area contributed by atoms with Crippen LogP contribution in [0.5, 0.6) is 0 Å². The van der Waals surface area contributed by atoms with Crippen molar-refractivity contribution < 1.29 is 0 Å². The molecule has 1 unspecified atom stereocenters. The first-order chi connectivity index (χ1) is 8.83. The van der Waals surface area contributed by atoms with Gasteiger partial charge in [-0.2, -0.15) is 0 Å². The minimum atomic E-state index is 0.476. The molecule has 4 nitrogen and oxygen atoms in total. The summed E-state index contributed by atoms with van der Waals surface area (Å²) in [4.78, 5) is 4.05. The van der Waals surface area contributed by atoms with E-state index in [9.17, 15) is 0 Å². The summed E-state index contributed by atoms with van der Waals surface area (Å²) in [7, 11) is 0. The van der Waals surface area contributed by atoms with Crippen molar-refractivity contribution in [1.82, 2.24) is 19.4 Å². The molecular weight excluding hydrogens is 224 g/mol. The number of hydrogen-bond donors (Lipinski definition) is 1. The van der Waals surface area contributed by atoms with Gasteiger partial charge in [0.25, 0.3) is 0 Å². The van der Waals surface area contributed by atoms with Crippen LogP contribution in [0.3, 0.4) is 0 Å². The minimum Gasteiger partial charge on any atom is -0.352 e. The van der Waals surface area contributed by atoms with Gasteiger partial charge in [0.15, 0.2) is 0 Å². The van der Waals surface area contributed by atoms with Crippen LogP contribution in [0.2, 0.25) is 0 Å². The smallest absolute Gasteiger partial charge is 0.0946 e. The van der Waals surface area contributed by atoms with E-state index < -0.39 is 0 Å². The Morgan fingerprint density at radius 2 is 2.06 bits per heavy atom. The predicted molar refractivity (Wildman–Crippen MR) is 73.4 cm³/mol. The van der Waals surface area contributed by atoms with Gasteiger partial charge in [-0.15, -0.1) is 0 Å². The van der Waals surface area contributed by atoms with Gasteiger partial charge in [0.1, 0.15) is 0 Å². The molecular formula is C14H22N4. The highest BCUT2D eigenvalue weighted by Gasteiger charge is 2.08. The lowest BCUT2D eigenvalue weighted by atomic mass is 10.1. The summed E-state index contributed by atoms with van der Waals surface area (Å²) in [6.45, 7) is 7.33. The van der Waals surface area contributed by atoms with Gasteiger partial charge in [-0.3, -0.25) is 0 Å². The molecule has 0 aliphatic heterocycles. The van der Waals surface area contributed by atoms with Crippen LogP contribution in [-0.4, -0.2) is 20.7 Å². The molecule has 0 aromatic carbocycles. The molecule has 98 valence electrons. The monoisotopic (exact) mass is 246 g/mol. The summed E-state index contributed by atoms with van der Waals surface area (Å²) >= 11 is 0. The second-order valence-corrected chi connectivity index (χ2v) is 4.50. The van der Waals surface area contributed by atoms with Gasteiger partial charge in [-0.05, 0) is 24.6 Å². The highest BCUT2D eigenvalue weighted by molar-refractivity contribution is 5.15. The highest BCUT2D eigenvalue weighted by atomic mass is 15.1. The first kappa shape index (κ1) is 12.9. The molecule has 1 atom stereocenters. The summed E-state index contributed by atoms with van der Waals surface area (Å²) in [6.07, 6.45) is 11.2. The number of rotatable bonds is 7. The lowest BCUT2D eigenvalue weighted by Crippen LogP contribution is -2.19. The summed E-state index contributed by atoms with van der Waals surface area (Å²) in [5, 5.41) is 3.50. The topological polar surface area (TPSA) is 34.8 Å². The molecule has 1 N–H and O–H groups in total. The molecule has 0 saturated carbocycles. The van der Waals surface area contributed by atoms with Crippen LogP contribution in [-0.2, 0) is 13.1 Å². The van der Waals surface area contributed by atoms with Gasteiger partial charge in [0.05, 0.1) is 6.33 Å². The van der Waals surface area contributed by atoms with Crippen LogP contribution >= 0.6 is 0 Å². The van der Waals surface area contributed by atoms with E-state index in [0.29, 0.717) is 6.04 Å². The van der Waals surface area contributed by atoms with E-state index in [2.05, 4.69) is 51.7 Å². The van der Waals surface area contributed by atoms with Gasteiger partial charge < -0.3 is 14.5 Å². The maximum absolute atomic E-state index is 4.05. The largest absolute Gasteiger partial charge is 0.352 e. The fourth-order valence-electron chi connectivity index (χ4n) is 2.20. The van der Waals surface area contributed by atoms with Crippen LogP contribution in [0.15, 0.2) is 37.2 Å². The number of aryl methyl sites for hydroxylation is 2. The molecule has 2 heterocycles. The molecule has 2 rings (SSSR count). The molecule has 0 fully saturated rings. The second kappa shape index (κ2) is 6.40. The number of aromatic nitrogens is 3. The van der Waals surface area contributed by atoms with E-state index in [-0.39, 0.29) is 0 Å². The third kappa shape index (κ3) is 3.23. The van der Waals surface area contributed by atoms with Crippen molar-refractivity contribution in [3.05, 3.63) is 42.7 Å². The second-order valence-electron chi connectivity index (χ2n) is 4.50. The Balaban J connectivity index is 1.92. The van der Waals surface area contributed by atoms with Crippen LogP contribution in [0.1, 0.15) is 31.9 Å². The predicted octanol–water partition coefficient (Wildman–Crippen LogP) is 2.45. The van der Waals surface area contributed by atoms with Gasteiger partial charge >= 0.3 is 0 Å². The number of imidazole rings is 1. The summed E-state index contributed by atoms with van der Waals surface area (Å²) in [5.74, 6) is 0. The zero-order chi connectivity index (χ0) is 12.8. The lowest BCUT2D eigenvalue weighted by molar-refractivity contribution is 0.532. The average Bonchev–Trinajstić information content (AvgIpc) is 3.04. The quantitative estimate of drug-likeness (QED) is 0.814. The molecule has 0 aliphatic rings. The first-order valence-electron chi connectivity index (χ1n) is 6.68. The Morgan fingerprint density at radius 3 is 2.72 bits per heavy atom. The Kier molecular flexibility index (Phi) is 4.59. The average molecular weight is 246 g/mol. The molecule has 0 spiro atoms. The van der Waals surface area contributed by atoms with Crippen LogP contribution in [0, 0.1) is 0 Å². The Labute approximate surface area is 109 Å². The molecule has 0 amide bonds. The summed E-state index contributed by atoms with van der Waals surface area (Å²) in [6, 6.07) is 2.69. The molecule has 0 saturated heterocycles. The van der Waals surface area contributed by atoms with Crippen molar-refractivity contribution in [2.24, 2.45) is 0 Å². The normalized spacial score (nSPS) is 12.8. The summed E-state index contributed by atoms with van der Waals surface area (Å²) < 4.78 is 4.34. The van der Waals surface area contributed by atoms with Crippen molar-refractivity contribution in [2.45, 2.75) is 39.4 Å². The van der Waals surface area contributed by atoms with Gasteiger partial charge in [-0.25, -0.2) is 4.98 Å². The Bertz CT molecular complexity index is 444. The first-order valence-corrected chi connectivity index (χ1v) is 6.68. The van der Waals surface area contributed by atoms with Crippen molar-refractivity contribution in [1.29, 1.82) is 0 Å². The van der Waals surface area contributed by atoms with Gasteiger partial charge in [-0.1, -0.05) is 13.8 Å². The molecule has 0 bridgehead atoms. The zero-order valence-corrected chi connectivity index (χ0v) is 11.2. The molecule has 2 aromatic rings. The lowest BCUT2D eigenvalue weighted by Gasteiger charge is -2.14. The van der Waals surface area contributed by atoms with E-state index in [1.54, 1.807) is 0 Å². The molecule has 2 aromatic heterocycles. The molecule has 18 heavy (non-hydrogen) atoms. The standard InChI is InChI=1S/C14H22N4/c1-3-14(16-4-2)13-5-7-17(11-13)9-10-18-8-6-15-12-18/h5-8,11-12,14,16H,3-4,9-10H2,1-2H3. The van der Waals surface area contributed by atoms with E-state index >= 15 is 0 Å². The fourth-order valence-corrected chi connectivity index (χ4v) is 2.20. The van der Waals surface area contributed by atoms with E-state index in [1.165, 1.54) is 5.56 Å². The zero-order valence-electron chi connectivity index (χ0n) is 11.2. The third-order valence-electron chi connectivity index (χ3n) is 3.21. The van der Waals surface area contributed by atoms with E-state index in [0.717, 1.165) is 26.1 Å². The molecule has 4 heteroatoms. The highest BCUT2D eigenvalue weighted by Crippen LogP contribution is 2.16. The van der Waals surface area contributed by atoms with Crippen LogP contribution < -0.4 is 5.32 Å². The minimum absolute atomic E-state index is 0.476. The maximum atomic E-state index is 4.05. The Morgan fingerprint density at radius 1 is 1.22 bits per heavy atom. The maximum Gasteiger partial charge on any atom is 0.0946 e. The van der Waals surface area contributed by atoms with Gasteiger partial charge in [0, 0.05) is 43.9 Å². The molecule has 0 aliphatic carbocycles. The van der Waals surface area contributed by atoms with Crippen molar-refractivity contribution in [2.75, 3.05) is 6.54 Å². The SMILES string of the molecule is CCNC(CC)c1ccn(CCn2ccnc2)c1. The molecule has 0 radical (unpaired) electrons. The number of hydrogen-bond acceptors (Lipinski definition) is 2. The van der Waals surface area contributed by atoms with E-state index in [4.69, 9.17) is 0 Å². The van der Waals surface area contributed by atoms with Crippen molar-refractivity contribution in [3.63, 3.8) is 0 Å². The van der Waals surface area contributed by atoms with Crippen LogP contribution in [0.4, 0.5) is 0 Å². The third-order valence-corrected chi connectivity index (χ3v) is 3.21. The number of nitrogens with one attached hydrogen (secondary N) is 1.